The molecule has 44 heavy (non-hydrogen) atoms. The summed E-state index contributed by atoms with van der Waals surface area (Å²) in [5.74, 6) is 0.388. The first kappa shape index (κ1) is 30.1. The standard InChI is InChI=1S/C32H25F4N3O5/c1-18-29(19-4-6-20(33)7-5-19)30(40)24(16-39(18)17-32(34,35)36)31(41)38-21-8-10-22(11-9-21)44-26-12-13-37-25-15-28(43-3)27(42-2)14-23(25)26/h4-16H,17H2,1-3H3,(H,38,41). The molecule has 0 saturated carbocycles. The maximum atomic E-state index is 13.5. The number of alkyl halides is 3. The van der Waals surface area contributed by atoms with E-state index in [1.54, 1.807) is 36.5 Å². The van der Waals surface area contributed by atoms with Crippen molar-refractivity contribution in [3.63, 3.8) is 0 Å². The largest absolute Gasteiger partial charge is 0.493 e. The van der Waals surface area contributed by atoms with E-state index in [1.807, 2.05) is 0 Å². The van der Waals surface area contributed by atoms with Gasteiger partial charge in [0, 0.05) is 40.8 Å². The fraction of sp³-hybridized carbons (Fsp3) is 0.156. The van der Waals surface area contributed by atoms with Gasteiger partial charge in [-0.25, -0.2) is 4.39 Å². The van der Waals surface area contributed by atoms with Crippen LogP contribution >= 0.6 is 0 Å². The van der Waals surface area contributed by atoms with E-state index in [2.05, 4.69) is 10.3 Å². The number of ether oxygens (including phenoxy) is 3. The highest BCUT2D eigenvalue weighted by Gasteiger charge is 2.30. The number of aromatic nitrogens is 2. The zero-order valence-corrected chi connectivity index (χ0v) is 23.7. The Morgan fingerprint density at radius 2 is 1.59 bits per heavy atom. The minimum absolute atomic E-state index is 0.0170. The van der Waals surface area contributed by atoms with Crippen molar-refractivity contribution in [1.29, 1.82) is 0 Å². The minimum atomic E-state index is -4.62. The first-order valence-electron chi connectivity index (χ1n) is 13.1. The molecule has 0 saturated heterocycles. The van der Waals surface area contributed by atoms with Crippen LogP contribution in [0.2, 0.25) is 0 Å². The molecule has 0 aliphatic heterocycles. The number of rotatable bonds is 8. The van der Waals surface area contributed by atoms with E-state index in [9.17, 15) is 27.2 Å². The van der Waals surface area contributed by atoms with Gasteiger partial charge in [0.05, 0.1) is 19.7 Å². The summed E-state index contributed by atoms with van der Waals surface area (Å²) in [4.78, 5) is 30.9. The number of hydrogen-bond acceptors (Lipinski definition) is 6. The van der Waals surface area contributed by atoms with Gasteiger partial charge in [0.25, 0.3) is 5.91 Å². The summed E-state index contributed by atoms with van der Waals surface area (Å²) in [7, 11) is 3.03. The van der Waals surface area contributed by atoms with Crippen LogP contribution in [0.1, 0.15) is 16.1 Å². The van der Waals surface area contributed by atoms with Crippen molar-refractivity contribution in [1.82, 2.24) is 9.55 Å². The number of benzene rings is 3. The summed E-state index contributed by atoms with van der Waals surface area (Å²) in [5.41, 5.74) is -0.395. The van der Waals surface area contributed by atoms with Crippen molar-refractivity contribution in [2.75, 3.05) is 19.5 Å². The van der Waals surface area contributed by atoms with Crippen molar-refractivity contribution in [3.05, 3.63) is 106 Å². The highest BCUT2D eigenvalue weighted by molar-refractivity contribution is 6.04. The Kier molecular flexibility index (Phi) is 8.26. The highest BCUT2D eigenvalue weighted by Crippen LogP contribution is 2.37. The fourth-order valence-corrected chi connectivity index (χ4v) is 4.70. The van der Waals surface area contributed by atoms with E-state index in [0.29, 0.717) is 33.9 Å². The Balaban J connectivity index is 1.43. The normalized spacial score (nSPS) is 11.3. The first-order chi connectivity index (χ1) is 21.0. The lowest BCUT2D eigenvalue weighted by atomic mass is 10.0. The van der Waals surface area contributed by atoms with Gasteiger partial charge in [-0.05, 0) is 61.0 Å². The molecule has 0 atom stereocenters. The topological polar surface area (TPSA) is 91.7 Å². The molecule has 2 aromatic heterocycles. The molecule has 1 N–H and O–H groups in total. The lowest BCUT2D eigenvalue weighted by Crippen LogP contribution is -2.28. The molecule has 1 amide bonds. The van der Waals surface area contributed by atoms with Gasteiger partial charge < -0.3 is 24.1 Å². The molecule has 0 spiro atoms. The van der Waals surface area contributed by atoms with Gasteiger partial charge in [0.2, 0.25) is 5.43 Å². The van der Waals surface area contributed by atoms with Gasteiger partial charge in [0.1, 0.15) is 29.4 Å². The Morgan fingerprint density at radius 1 is 0.932 bits per heavy atom. The van der Waals surface area contributed by atoms with E-state index in [4.69, 9.17) is 14.2 Å². The summed E-state index contributed by atoms with van der Waals surface area (Å²) >= 11 is 0. The zero-order chi connectivity index (χ0) is 31.6. The molecule has 5 rings (SSSR count). The van der Waals surface area contributed by atoms with Crippen molar-refractivity contribution < 1.29 is 36.6 Å². The first-order valence-corrected chi connectivity index (χ1v) is 13.1. The smallest absolute Gasteiger partial charge is 0.406 e. The number of carbonyl (C=O) groups excluding carboxylic acids is 1. The second kappa shape index (κ2) is 12.1. The van der Waals surface area contributed by atoms with Gasteiger partial charge >= 0.3 is 6.18 Å². The van der Waals surface area contributed by atoms with Gasteiger partial charge in [-0.1, -0.05) is 12.1 Å². The van der Waals surface area contributed by atoms with Gasteiger partial charge in [-0.2, -0.15) is 13.2 Å². The number of nitrogens with zero attached hydrogens (tertiary/aromatic N) is 2. The molecule has 0 unspecified atom stereocenters. The molecule has 0 radical (unpaired) electrons. The average Bonchev–Trinajstić information content (AvgIpc) is 2.99. The van der Waals surface area contributed by atoms with Crippen LogP contribution in [-0.4, -0.2) is 35.9 Å². The van der Waals surface area contributed by atoms with Crippen molar-refractivity contribution in [2.24, 2.45) is 0 Å². The van der Waals surface area contributed by atoms with Crippen molar-refractivity contribution in [3.8, 4) is 34.1 Å². The van der Waals surface area contributed by atoms with Crippen LogP contribution in [0, 0.1) is 12.7 Å². The number of pyridine rings is 2. The molecule has 0 bridgehead atoms. The van der Waals surface area contributed by atoms with Crippen LogP contribution in [0.3, 0.4) is 0 Å². The molecule has 226 valence electrons. The van der Waals surface area contributed by atoms with Crippen LogP contribution in [0.15, 0.2) is 83.9 Å². The van der Waals surface area contributed by atoms with Crippen LogP contribution in [0.5, 0.6) is 23.0 Å². The number of hydrogen-bond donors (Lipinski definition) is 1. The van der Waals surface area contributed by atoms with E-state index in [0.717, 1.165) is 22.9 Å². The number of methoxy groups -OCH3 is 2. The fourth-order valence-electron chi connectivity index (χ4n) is 4.70. The van der Waals surface area contributed by atoms with E-state index in [1.165, 1.54) is 45.4 Å². The molecule has 0 fully saturated rings. The third-order valence-corrected chi connectivity index (χ3v) is 6.82. The lowest BCUT2D eigenvalue weighted by molar-refractivity contribution is -0.141. The monoisotopic (exact) mass is 607 g/mol. The molecule has 2 heterocycles. The SMILES string of the molecule is COc1cc2nccc(Oc3ccc(NC(=O)c4cn(CC(F)(F)F)c(C)c(-c5ccc(F)cc5)c4=O)cc3)c2cc1OC. The Morgan fingerprint density at radius 3 is 2.23 bits per heavy atom. The molecule has 3 aromatic carbocycles. The summed E-state index contributed by atoms with van der Waals surface area (Å²) in [6.45, 7) is -0.0905. The predicted molar refractivity (Wildman–Crippen MR) is 156 cm³/mol. The van der Waals surface area contributed by atoms with Crippen LogP contribution in [-0.2, 0) is 6.54 Å². The Hall–Kier alpha value is -5.39. The second-order valence-electron chi connectivity index (χ2n) is 9.70. The molecule has 5 aromatic rings. The number of nitrogens with one attached hydrogen (secondary N) is 1. The molecule has 12 heteroatoms. The Labute approximate surface area is 248 Å². The van der Waals surface area contributed by atoms with E-state index in [-0.39, 0.29) is 22.5 Å². The van der Waals surface area contributed by atoms with Crippen molar-refractivity contribution >= 4 is 22.5 Å². The van der Waals surface area contributed by atoms with Gasteiger partial charge in [-0.15, -0.1) is 0 Å². The summed E-state index contributed by atoms with van der Waals surface area (Å²) in [6, 6.07) is 16.0. The third-order valence-electron chi connectivity index (χ3n) is 6.82. The maximum absolute atomic E-state index is 13.5. The Bertz CT molecular complexity index is 1900. The van der Waals surface area contributed by atoms with E-state index < -0.39 is 35.4 Å². The van der Waals surface area contributed by atoms with Crippen LogP contribution in [0.4, 0.5) is 23.2 Å². The number of fused-ring (bicyclic) bond motifs is 1. The molecular weight excluding hydrogens is 582 g/mol. The molecule has 0 aliphatic carbocycles. The lowest BCUT2D eigenvalue weighted by Gasteiger charge is -2.18. The zero-order valence-electron chi connectivity index (χ0n) is 23.7. The van der Waals surface area contributed by atoms with Crippen LogP contribution in [0.25, 0.3) is 22.0 Å². The summed E-state index contributed by atoms with van der Waals surface area (Å²) < 4.78 is 71.1. The second-order valence-corrected chi connectivity index (χ2v) is 9.70. The number of anilines is 1. The third kappa shape index (κ3) is 6.33. The van der Waals surface area contributed by atoms with Gasteiger partial charge in [0.15, 0.2) is 11.5 Å². The predicted octanol–water partition coefficient (Wildman–Crippen LogP) is 7.14. The maximum Gasteiger partial charge on any atom is 0.406 e. The van der Waals surface area contributed by atoms with Crippen molar-refractivity contribution in [2.45, 2.75) is 19.6 Å². The molecule has 0 aliphatic rings. The molecular formula is C32H25F4N3O5. The molecule has 8 nitrogen and oxygen atoms in total. The number of halogens is 4. The van der Waals surface area contributed by atoms with Gasteiger partial charge in [-0.3, -0.25) is 14.6 Å². The highest BCUT2D eigenvalue weighted by atomic mass is 19.4. The average molecular weight is 608 g/mol. The quantitative estimate of drug-likeness (QED) is 0.189. The van der Waals surface area contributed by atoms with Crippen LogP contribution < -0.4 is 25.0 Å². The summed E-state index contributed by atoms with van der Waals surface area (Å²) in [5, 5.41) is 3.22. The minimum Gasteiger partial charge on any atom is -0.493 e. The number of carbonyl (C=O) groups is 1. The summed E-state index contributed by atoms with van der Waals surface area (Å²) in [6.07, 6.45) is -2.17. The number of amides is 1. The van der Waals surface area contributed by atoms with E-state index >= 15 is 0 Å².